The molecule has 1 aromatic heterocycles. The Hall–Kier alpha value is -1.36. The zero-order valence-corrected chi connectivity index (χ0v) is 6.68. The van der Waals surface area contributed by atoms with Gasteiger partial charge in [0.1, 0.15) is 0 Å². The predicted octanol–water partition coefficient (Wildman–Crippen LogP) is -0.914. The lowest BCUT2D eigenvalue weighted by Gasteiger charge is -2.06. The zero-order chi connectivity index (χ0) is 8.97. The Morgan fingerprint density at radius 2 is 2.42 bits per heavy atom. The Morgan fingerprint density at radius 3 is 2.92 bits per heavy atom. The average molecular weight is 168 g/mol. The highest BCUT2D eigenvalue weighted by atomic mass is 16.1. The van der Waals surface area contributed by atoms with Crippen molar-refractivity contribution in [2.45, 2.75) is 19.0 Å². The van der Waals surface area contributed by atoms with Gasteiger partial charge in [-0.25, -0.2) is 4.98 Å². The van der Waals surface area contributed by atoms with Crippen LogP contribution in [0, 0.1) is 0 Å². The van der Waals surface area contributed by atoms with Crippen molar-refractivity contribution in [3.05, 3.63) is 18.7 Å². The van der Waals surface area contributed by atoms with Gasteiger partial charge in [-0.1, -0.05) is 0 Å². The van der Waals surface area contributed by atoms with Crippen LogP contribution in [0.4, 0.5) is 0 Å². The van der Waals surface area contributed by atoms with E-state index >= 15 is 0 Å². The molecule has 1 heterocycles. The maximum atomic E-state index is 10.5. The first-order valence-corrected chi connectivity index (χ1v) is 3.71. The van der Waals surface area contributed by atoms with Crippen molar-refractivity contribution < 1.29 is 4.79 Å². The van der Waals surface area contributed by atoms with E-state index in [1.54, 1.807) is 12.5 Å². The number of nitrogens with zero attached hydrogens (tertiary/aromatic N) is 2. The number of amides is 1. The monoisotopic (exact) mass is 168 g/mol. The second-order valence-corrected chi connectivity index (χ2v) is 2.60. The van der Waals surface area contributed by atoms with Gasteiger partial charge in [-0.05, 0) is 6.42 Å². The molecule has 0 aliphatic rings. The Morgan fingerprint density at radius 1 is 1.67 bits per heavy atom. The molecule has 1 amide bonds. The number of aromatic nitrogens is 2. The molecule has 66 valence electrons. The summed E-state index contributed by atoms with van der Waals surface area (Å²) in [5.74, 6) is -0.463. The van der Waals surface area contributed by atoms with E-state index in [0.717, 1.165) is 0 Å². The van der Waals surface area contributed by atoms with Gasteiger partial charge in [0, 0.05) is 18.9 Å². The number of imidazole rings is 1. The number of hydrogen-bond donors (Lipinski definition) is 2. The van der Waals surface area contributed by atoms with Gasteiger partial charge in [0.05, 0.1) is 12.4 Å². The molecule has 0 spiro atoms. The molecule has 0 fully saturated rings. The molecule has 12 heavy (non-hydrogen) atoms. The third-order valence-electron chi connectivity index (χ3n) is 1.62. The second kappa shape index (κ2) is 3.87. The van der Waals surface area contributed by atoms with Crippen LogP contribution in [-0.2, 0) is 11.3 Å². The average Bonchev–Trinajstić information content (AvgIpc) is 2.51. The number of rotatable bonds is 4. The largest absolute Gasteiger partial charge is 0.368 e. The van der Waals surface area contributed by atoms with Crippen LogP contribution < -0.4 is 11.5 Å². The normalized spacial score (nSPS) is 12.8. The third kappa shape index (κ3) is 2.35. The van der Waals surface area contributed by atoms with Crippen LogP contribution in [0.3, 0.4) is 0 Å². The van der Waals surface area contributed by atoms with Crippen molar-refractivity contribution in [3.63, 3.8) is 0 Å². The van der Waals surface area contributed by atoms with Crippen molar-refractivity contribution in [2.75, 3.05) is 0 Å². The van der Waals surface area contributed by atoms with Crippen molar-refractivity contribution >= 4 is 5.91 Å². The van der Waals surface area contributed by atoms with Gasteiger partial charge in [0.2, 0.25) is 5.91 Å². The van der Waals surface area contributed by atoms with Crippen LogP contribution in [0.15, 0.2) is 18.7 Å². The zero-order valence-electron chi connectivity index (χ0n) is 6.68. The molecule has 0 radical (unpaired) electrons. The summed E-state index contributed by atoms with van der Waals surface area (Å²) < 4.78 is 1.85. The summed E-state index contributed by atoms with van der Waals surface area (Å²) >= 11 is 0. The molecular weight excluding hydrogens is 156 g/mol. The van der Waals surface area contributed by atoms with Gasteiger partial charge in [-0.15, -0.1) is 0 Å². The lowest BCUT2D eigenvalue weighted by atomic mass is 10.2. The molecule has 1 aromatic rings. The highest BCUT2D eigenvalue weighted by molar-refractivity contribution is 5.79. The summed E-state index contributed by atoms with van der Waals surface area (Å²) in [5, 5.41) is 0. The van der Waals surface area contributed by atoms with Gasteiger partial charge in [0.25, 0.3) is 0 Å². The maximum Gasteiger partial charge on any atom is 0.234 e. The third-order valence-corrected chi connectivity index (χ3v) is 1.62. The quantitative estimate of drug-likeness (QED) is 0.610. The van der Waals surface area contributed by atoms with E-state index in [2.05, 4.69) is 4.98 Å². The molecular formula is C7H12N4O. The lowest BCUT2D eigenvalue weighted by molar-refractivity contribution is -0.119. The smallest absolute Gasteiger partial charge is 0.234 e. The van der Waals surface area contributed by atoms with Crippen LogP contribution in [0.1, 0.15) is 6.42 Å². The van der Waals surface area contributed by atoms with Crippen LogP contribution in [0.2, 0.25) is 0 Å². The molecule has 0 saturated carbocycles. The number of primary amides is 1. The number of carbonyl (C=O) groups excluding carboxylic acids is 1. The van der Waals surface area contributed by atoms with Gasteiger partial charge in [0.15, 0.2) is 0 Å². The minimum Gasteiger partial charge on any atom is -0.368 e. The van der Waals surface area contributed by atoms with Crippen LogP contribution in [0.25, 0.3) is 0 Å². The molecule has 0 aliphatic heterocycles. The molecule has 1 rings (SSSR count). The van der Waals surface area contributed by atoms with Crippen LogP contribution in [0.5, 0.6) is 0 Å². The molecule has 4 N–H and O–H groups in total. The van der Waals surface area contributed by atoms with E-state index in [-0.39, 0.29) is 0 Å². The minimum atomic E-state index is -0.563. The van der Waals surface area contributed by atoms with Crippen molar-refractivity contribution in [1.29, 1.82) is 0 Å². The van der Waals surface area contributed by atoms with E-state index in [1.807, 2.05) is 10.8 Å². The molecule has 5 heteroatoms. The van der Waals surface area contributed by atoms with Gasteiger partial charge < -0.3 is 16.0 Å². The van der Waals surface area contributed by atoms with Crippen molar-refractivity contribution in [1.82, 2.24) is 9.55 Å². The Kier molecular flexibility index (Phi) is 2.82. The predicted molar refractivity (Wildman–Crippen MR) is 44.0 cm³/mol. The number of carbonyl (C=O) groups is 1. The summed E-state index contributed by atoms with van der Waals surface area (Å²) in [4.78, 5) is 14.4. The first kappa shape index (κ1) is 8.73. The number of nitrogens with two attached hydrogens (primary N) is 2. The molecule has 0 bridgehead atoms. The van der Waals surface area contributed by atoms with Crippen molar-refractivity contribution in [2.24, 2.45) is 11.5 Å². The van der Waals surface area contributed by atoms with Gasteiger partial charge in [-0.2, -0.15) is 0 Å². The fourth-order valence-corrected chi connectivity index (χ4v) is 0.849. The standard InChI is InChI=1S/C7H12N4O/c8-6(7(9)12)1-3-11-4-2-10-5-11/h2,4-6H,1,3,8H2,(H2,9,12). The van der Waals surface area contributed by atoms with E-state index in [1.165, 1.54) is 0 Å². The number of hydrogen-bond acceptors (Lipinski definition) is 3. The number of aryl methyl sites for hydroxylation is 1. The molecule has 0 aromatic carbocycles. The Bertz CT molecular complexity index is 244. The van der Waals surface area contributed by atoms with Crippen molar-refractivity contribution in [3.8, 4) is 0 Å². The van der Waals surface area contributed by atoms with E-state index in [0.29, 0.717) is 13.0 Å². The SMILES string of the molecule is NC(=O)C(N)CCn1ccnc1. The molecule has 0 aliphatic carbocycles. The Balaban J connectivity index is 2.31. The Labute approximate surface area is 70.4 Å². The molecule has 1 atom stereocenters. The van der Waals surface area contributed by atoms with E-state index in [9.17, 15) is 4.79 Å². The summed E-state index contributed by atoms with van der Waals surface area (Å²) in [7, 11) is 0. The molecule has 1 unspecified atom stereocenters. The first-order chi connectivity index (χ1) is 5.70. The molecule has 0 saturated heterocycles. The summed E-state index contributed by atoms with van der Waals surface area (Å²) in [6, 6.07) is -0.563. The van der Waals surface area contributed by atoms with Crippen LogP contribution >= 0.6 is 0 Å². The van der Waals surface area contributed by atoms with E-state index in [4.69, 9.17) is 11.5 Å². The first-order valence-electron chi connectivity index (χ1n) is 3.71. The summed E-state index contributed by atoms with van der Waals surface area (Å²) in [5.41, 5.74) is 10.4. The summed E-state index contributed by atoms with van der Waals surface area (Å²) in [6.45, 7) is 0.671. The fraction of sp³-hybridized carbons (Fsp3) is 0.429. The van der Waals surface area contributed by atoms with Gasteiger partial charge >= 0.3 is 0 Å². The summed E-state index contributed by atoms with van der Waals surface area (Å²) in [6.07, 6.45) is 5.71. The maximum absolute atomic E-state index is 10.5. The lowest BCUT2D eigenvalue weighted by Crippen LogP contribution is -2.37. The highest BCUT2D eigenvalue weighted by Gasteiger charge is 2.07. The second-order valence-electron chi connectivity index (χ2n) is 2.60. The minimum absolute atomic E-state index is 0.463. The fourth-order valence-electron chi connectivity index (χ4n) is 0.849. The topological polar surface area (TPSA) is 86.9 Å². The highest BCUT2D eigenvalue weighted by Crippen LogP contribution is 1.93. The molecule has 5 nitrogen and oxygen atoms in total. The van der Waals surface area contributed by atoms with Gasteiger partial charge in [-0.3, -0.25) is 4.79 Å². The van der Waals surface area contributed by atoms with E-state index < -0.39 is 11.9 Å². The van der Waals surface area contributed by atoms with Crippen LogP contribution in [-0.4, -0.2) is 21.5 Å².